The number of anilines is 1. The lowest BCUT2D eigenvalue weighted by atomic mass is 10.2. The van der Waals surface area contributed by atoms with Crippen LogP contribution in [0.3, 0.4) is 0 Å². The molecule has 2 N–H and O–H groups in total. The first-order valence-electron chi connectivity index (χ1n) is 5.12. The Hall–Kier alpha value is -1.81. The van der Waals surface area contributed by atoms with Gasteiger partial charge in [0, 0.05) is 27.9 Å². The van der Waals surface area contributed by atoms with Gasteiger partial charge in [-0.3, -0.25) is 0 Å². The minimum absolute atomic E-state index is 0.730. The molecule has 2 aromatic heterocycles. The summed E-state index contributed by atoms with van der Waals surface area (Å²) in [6, 6.07) is 8.40. The van der Waals surface area contributed by atoms with Crippen molar-refractivity contribution < 1.29 is 0 Å². The number of rotatable bonds is 3. The van der Waals surface area contributed by atoms with Gasteiger partial charge in [-0.2, -0.15) is 0 Å². The number of benzene rings is 1. The Morgan fingerprint density at radius 2 is 2.25 bits per heavy atom. The predicted molar refractivity (Wildman–Crippen MR) is 67.7 cm³/mol. The van der Waals surface area contributed by atoms with Crippen molar-refractivity contribution in [2.75, 3.05) is 5.32 Å². The molecule has 0 saturated heterocycles. The number of nitrogens with one attached hydrogen (secondary N) is 2. The molecule has 0 amide bonds. The fourth-order valence-electron chi connectivity index (χ4n) is 1.69. The number of imidazole rings is 1. The van der Waals surface area contributed by atoms with Gasteiger partial charge in [-0.05, 0) is 6.07 Å². The van der Waals surface area contributed by atoms with E-state index in [1.165, 1.54) is 15.8 Å². The SMILES string of the molecule is c1ccc2c(NCc3ncc[nH]3)csc2c1. The Balaban J connectivity index is 1.84. The highest BCUT2D eigenvalue weighted by molar-refractivity contribution is 7.17. The maximum absolute atomic E-state index is 4.18. The molecule has 16 heavy (non-hydrogen) atoms. The van der Waals surface area contributed by atoms with Gasteiger partial charge in [0.15, 0.2) is 0 Å². The number of thiophene rings is 1. The van der Waals surface area contributed by atoms with Crippen molar-refractivity contribution in [3.8, 4) is 0 Å². The number of H-pyrrole nitrogens is 1. The standard InChI is InChI=1S/C12H11N3S/c1-2-4-11-9(3-1)10(8-16-11)15-7-12-13-5-6-14-12/h1-6,8,15H,7H2,(H,13,14). The van der Waals surface area contributed by atoms with Crippen molar-refractivity contribution in [2.45, 2.75) is 6.54 Å². The number of hydrogen-bond acceptors (Lipinski definition) is 3. The summed E-state index contributed by atoms with van der Waals surface area (Å²) in [5.74, 6) is 0.954. The van der Waals surface area contributed by atoms with Gasteiger partial charge < -0.3 is 10.3 Å². The quantitative estimate of drug-likeness (QED) is 0.724. The third-order valence-electron chi connectivity index (χ3n) is 2.48. The Bertz CT molecular complexity index is 583. The normalized spacial score (nSPS) is 10.8. The predicted octanol–water partition coefficient (Wildman–Crippen LogP) is 3.24. The molecule has 0 aliphatic rings. The summed E-state index contributed by atoms with van der Waals surface area (Å²) in [7, 11) is 0. The lowest BCUT2D eigenvalue weighted by Gasteiger charge is -2.02. The molecule has 0 fully saturated rings. The number of nitrogens with zero attached hydrogens (tertiary/aromatic N) is 1. The molecular weight excluding hydrogens is 218 g/mol. The summed E-state index contributed by atoms with van der Waals surface area (Å²) in [6.07, 6.45) is 3.60. The van der Waals surface area contributed by atoms with Gasteiger partial charge in [0.2, 0.25) is 0 Å². The molecule has 0 saturated carbocycles. The molecule has 2 heterocycles. The lowest BCUT2D eigenvalue weighted by Crippen LogP contribution is -2.00. The van der Waals surface area contributed by atoms with Crippen LogP contribution in [-0.2, 0) is 6.54 Å². The first kappa shape index (κ1) is 9.42. The van der Waals surface area contributed by atoms with Crippen LogP contribution >= 0.6 is 11.3 Å². The molecule has 0 aliphatic carbocycles. The van der Waals surface area contributed by atoms with Gasteiger partial charge >= 0.3 is 0 Å². The van der Waals surface area contributed by atoms with E-state index in [-0.39, 0.29) is 0 Å². The molecule has 0 spiro atoms. The molecule has 80 valence electrons. The molecule has 3 aromatic rings. The summed E-state index contributed by atoms with van der Waals surface area (Å²) in [6.45, 7) is 0.730. The van der Waals surface area contributed by atoms with Gasteiger partial charge in [-0.15, -0.1) is 11.3 Å². The van der Waals surface area contributed by atoms with Crippen LogP contribution in [0.25, 0.3) is 10.1 Å². The maximum atomic E-state index is 4.18. The Labute approximate surface area is 97.2 Å². The molecule has 3 rings (SSSR count). The van der Waals surface area contributed by atoms with Gasteiger partial charge in [0.25, 0.3) is 0 Å². The summed E-state index contributed by atoms with van der Waals surface area (Å²) < 4.78 is 1.31. The van der Waals surface area contributed by atoms with Gasteiger partial charge in [0.05, 0.1) is 12.2 Å². The number of aromatic nitrogens is 2. The van der Waals surface area contributed by atoms with Crippen molar-refractivity contribution in [3.05, 3.63) is 47.9 Å². The van der Waals surface area contributed by atoms with Crippen LogP contribution in [0.1, 0.15) is 5.82 Å². The van der Waals surface area contributed by atoms with E-state index in [0.29, 0.717) is 0 Å². The maximum Gasteiger partial charge on any atom is 0.125 e. The van der Waals surface area contributed by atoms with Crippen LogP contribution in [0.15, 0.2) is 42.0 Å². The van der Waals surface area contributed by atoms with Crippen molar-refractivity contribution in [3.63, 3.8) is 0 Å². The molecule has 1 aromatic carbocycles. The van der Waals surface area contributed by atoms with E-state index >= 15 is 0 Å². The van der Waals surface area contributed by atoms with Crippen molar-refractivity contribution in [2.24, 2.45) is 0 Å². The fourth-order valence-corrected chi connectivity index (χ4v) is 2.61. The second-order valence-electron chi connectivity index (χ2n) is 3.53. The van der Waals surface area contributed by atoms with Gasteiger partial charge in [-0.25, -0.2) is 4.98 Å². The topological polar surface area (TPSA) is 40.7 Å². The highest BCUT2D eigenvalue weighted by Crippen LogP contribution is 2.29. The zero-order valence-corrected chi connectivity index (χ0v) is 9.42. The second-order valence-corrected chi connectivity index (χ2v) is 4.45. The van der Waals surface area contributed by atoms with Crippen molar-refractivity contribution in [1.29, 1.82) is 0 Å². The smallest absolute Gasteiger partial charge is 0.125 e. The van der Waals surface area contributed by atoms with Crippen LogP contribution in [0.4, 0.5) is 5.69 Å². The molecular formula is C12H11N3S. The van der Waals surface area contributed by atoms with Crippen molar-refractivity contribution >= 4 is 27.1 Å². The van der Waals surface area contributed by atoms with Gasteiger partial charge in [0.1, 0.15) is 5.82 Å². The van der Waals surface area contributed by atoms with E-state index in [1.807, 2.05) is 6.20 Å². The first-order chi connectivity index (χ1) is 7.93. The molecule has 0 bridgehead atoms. The van der Waals surface area contributed by atoms with Crippen LogP contribution in [0.2, 0.25) is 0 Å². The molecule has 0 aliphatic heterocycles. The van der Waals surface area contributed by atoms with Crippen LogP contribution in [-0.4, -0.2) is 9.97 Å². The summed E-state index contributed by atoms with van der Waals surface area (Å²) in [4.78, 5) is 7.26. The zero-order valence-electron chi connectivity index (χ0n) is 8.60. The van der Waals surface area contributed by atoms with E-state index in [9.17, 15) is 0 Å². The third-order valence-corrected chi connectivity index (χ3v) is 3.45. The summed E-state index contributed by atoms with van der Waals surface area (Å²) >= 11 is 1.76. The minimum atomic E-state index is 0.730. The molecule has 0 radical (unpaired) electrons. The Morgan fingerprint density at radius 1 is 1.31 bits per heavy atom. The van der Waals surface area contributed by atoms with Gasteiger partial charge in [-0.1, -0.05) is 18.2 Å². The van der Waals surface area contributed by atoms with Crippen LogP contribution in [0, 0.1) is 0 Å². The van der Waals surface area contributed by atoms with E-state index < -0.39 is 0 Å². The second kappa shape index (κ2) is 3.98. The zero-order chi connectivity index (χ0) is 10.8. The summed E-state index contributed by atoms with van der Waals surface area (Å²) in [5.41, 5.74) is 1.18. The third kappa shape index (κ3) is 1.67. The average molecular weight is 229 g/mol. The molecule has 0 atom stereocenters. The molecule has 3 nitrogen and oxygen atoms in total. The van der Waals surface area contributed by atoms with E-state index in [4.69, 9.17) is 0 Å². The van der Waals surface area contributed by atoms with Crippen LogP contribution < -0.4 is 5.32 Å². The average Bonchev–Trinajstić information content (AvgIpc) is 2.96. The highest BCUT2D eigenvalue weighted by Gasteiger charge is 2.02. The monoisotopic (exact) mass is 229 g/mol. The van der Waals surface area contributed by atoms with E-state index in [2.05, 4.69) is 44.9 Å². The number of hydrogen-bond donors (Lipinski definition) is 2. The Kier molecular flexibility index (Phi) is 2.34. The number of aromatic amines is 1. The Morgan fingerprint density at radius 3 is 3.12 bits per heavy atom. The largest absolute Gasteiger partial charge is 0.377 e. The first-order valence-corrected chi connectivity index (χ1v) is 6.00. The van der Waals surface area contributed by atoms with Crippen molar-refractivity contribution in [1.82, 2.24) is 9.97 Å². The summed E-state index contributed by atoms with van der Waals surface area (Å²) in [5, 5.41) is 6.81. The molecule has 0 unspecified atom stereocenters. The minimum Gasteiger partial charge on any atom is -0.377 e. The van der Waals surface area contributed by atoms with E-state index in [1.54, 1.807) is 17.5 Å². The number of fused-ring (bicyclic) bond motifs is 1. The highest BCUT2D eigenvalue weighted by atomic mass is 32.1. The van der Waals surface area contributed by atoms with Crippen LogP contribution in [0.5, 0.6) is 0 Å². The fraction of sp³-hybridized carbons (Fsp3) is 0.0833. The van der Waals surface area contributed by atoms with E-state index in [0.717, 1.165) is 12.4 Å². The lowest BCUT2D eigenvalue weighted by molar-refractivity contribution is 1.00. The molecule has 4 heteroatoms.